The standard InChI is InChI=1S/C27H31NO/c1-2-29-26-20-18-25(19-21-26)28-27(22-12-6-3-7-13-22,23-14-8-4-9-15-23)24-16-10-5-11-17-24/h3-17,25-26,28H,2,18-21H2,1H3/t25-,26-. The normalized spacial score (nSPS) is 19.8. The van der Waals surface area contributed by atoms with Crippen LogP contribution < -0.4 is 5.32 Å². The van der Waals surface area contributed by atoms with Gasteiger partial charge in [0.1, 0.15) is 0 Å². The lowest BCUT2D eigenvalue weighted by Crippen LogP contribution is -2.51. The fourth-order valence-corrected chi connectivity index (χ4v) is 4.73. The molecule has 0 heterocycles. The van der Waals surface area contributed by atoms with E-state index < -0.39 is 0 Å². The summed E-state index contributed by atoms with van der Waals surface area (Å²) >= 11 is 0. The number of nitrogens with one attached hydrogen (secondary N) is 1. The Hall–Kier alpha value is -2.42. The van der Waals surface area contributed by atoms with Gasteiger partial charge in [-0.3, -0.25) is 5.32 Å². The van der Waals surface area contributed by atoms with E-state index in [1.165, 1.54) is 16.7 Å². The lowest BCUT2D eigenvalue weighted by atomic mass is 9.75. The molecule has 3 aromatic rings. The topological polar surface area (TPSA) is 21.3 Å². The Morgan fingerprint density at radius 3 is 1.48 bits per heavy atom. The van der Waals surface area contributed by atoms with E-state index in [0.29, 0.717) is 12.1 Å². The molecule has 1 aliphatic rings. The molecule has 0 atom stereocenters. The molecule has 4 rings (SSSR count). The van der Waals surface area contributed by atoms with Gasteiger partial charge in [-0.25, -0.2) is 0 Å². The lowest BCUT2D eigenvalue weighted by molar-refractivity contribution is 0.0286. The van der Waals surface area contributed by atoms with Crippen molar-refractivity contribution in [3.05, 3.63) is 108 Å². The number of benzene rings is 3. The van der Waals surface area contributed by atoms with Crippen LogP contribution in [-0.2, 0) is 10.3 Å². The van der Waals surface area contributed by atoms with Gasteiger partial charge in [-0.15, -0.1) is 0 Å². The van der Waals surface area contributed by atoms with Gasteiger partial charge >= 0.3 is 0 Å². The minimum Gasteiger partial charge on any atom is -0.379 e. The third-order valence-corrected chi connectivity index (χ3v) is 6.12. The van der Waals surface area contributed by atoms with Crippen molar-refractivity contribution in [3.8, 4) is 0 Å². The predicted molar refractivity (Wildman–Crippen MR) is 120 cm³/mol. The van der Waals surface area contributed by atoms with Gasteiger partial charge in [0, 0.05) is 12.6 Å². The molecule has 1 fully saturated rings. The van der Waals surface area contributed by atoms with Gasteiger partial charge in [-0.2, -0.15) is 0 Å². The number of rotatable bonds is 7. The lowest BCUT2D eigenvalue weighted by Gasteiger charge is -2.42. The Morgan fingerprint density at radius 2 is 1.10 bits per heavy atom. The Balaban J connectivity index is 1.76. The van der Waals surface area contributed by atoms with E-state index in [4.69, 9.17) is 4.74 Å². The highest BCUT2D eigenvalue weighted by molar-refractivity contribution is 5.49. The van der Waals surface area contributed by atoms with E-state index in [2.05, 4.69) is 103 Å². The summed E-state index contributed by atoms with van der Waals surface area (Å²) < 4.78 is 5.89. The van der Waals surface area contributed by atoms with E-state index >= 15 is 0 Å². The summed E-state index contributed by atoms with van der Waals surface area (Å²) in [6.45, 7) is 2.90. The van der Waals surface area contributed by atoms with Crippen LogP contribution in [0.1, 0.15) is 49.3 Å². The first kappa shape index (κ1) is 19.9. The average Bonchev–Trinajstić information content (AvgIpc) is 2.80. The summed E-state index contributed by atoms with van der Waals surface area (Å²) in [4.78, 5) is 0. The van der Waals surface area contributed by atoms with E-state index in [-0.39, 0.29) is 5.54 Å². The van der Waals surface area contributed by atoms with E-state index in [1.54, 1.807) is 0 Å². The number of ether oxygens (including phenoxy) is 1. The van der Waals surface area contributed by atoms with Crippen molar-refractivity contribution in [2.75, 3.05) is 6.61 Å². The third kappa shape index (κ3) is 4.29. The zero-order chi connectivity index (χ0) is 19.9. The van der Waals surface area contributed by atoms with Crippen molar-refractivity contribution < 1.29 is 4.74 Å². The largest absolute Gasteiger partial charge is 0.379 e. The molecule has 0 saturated heterocycles. The first-order valence-corrected chi connectivity index (χ1v) is 10.9. The van der Waals surface area contributed by atoms with Gasteiger partial charge in [-0.05, 0) is 49.3 Å². The molecular weight excluding hydrogens is 354 g/mol. The maximum absolute atomic E-state index is 5.89. The molecule has 1 aliphatic carbocycles. The average molecular weight is 386 g/mol. The van der Waals surface area contributed by atoms with Crippen LogP contribution >= 0.6 is 0 Å². The minimum atomic E-state index is -0.368. The van der Waals surface area contributed by atoms with E-state index in [0.717, 1.165) is 32.3 Å². The van der Waals surface area contributed by atoms with Gasteiger partial charge in [0.05, 0.1) is 11.6 Å². The van der Waals surface area contributed by atoms with Gasteiger partial charge in [0.15, 0.2) is 0 Å². The molecule has 1 N–H and O–H groups in total. The maximum atomic E-state index is 5.89. The van der Waals surface area contributed by atoms with Crippen LogP contribution in [0.15, 0.2) is 91.0 Å². The molecule has 0 aliphatic heterocycles. The summed E-state index contributed by atoms with van der Waals surface area (Å²) in [7, 11) is 0. The van der Waals surface area contributed by atoms with Crippen molar-refractivity contribution in [1.29, 1.82) is 0 Å². The predicted octanol–water partition coefficient (Wildman–Crippen LogP) is 5.92. The number of hydrogen-bond donors (Lipinski definition) is 1. The smallest absolute Gasteiger partial charge is 0.0950 e. The van der Waals surface area contributed by atoms with Crippen LogP contribution in [0.4, 0.5) is 0 Å². The van der Waals surface area contributed by atoms with Crippen molar-refractivity contribution in [2.45, 2.75) is 50.3 Å². The molecule has 0 aromatic heterocycles. The fourth-order valence-electron chi connectivity index (χ4n) is 4.73. The summed E-state index contributed by atoms with van der Waals surface area (Å²) in [6.07, 6.45) is 4.94. The Labute approximate surface area is 174 Å². The van der Waals surface area contributed by atoms with Crippen molar-refractivity contribution in [2.24, 2.45) is 0 Å². The monoisotopic (exact) mass is 385 g/mol. The van der Waals surface area contributed by atoms with Gasteiger partial charge in [-0.1, -0.05) is 91.0 Å². The SMILES string of the molecule is CCO[C@H]1CC[C@H](NC(c2ccccc2)(c2ccccc2)c2ccccc2)CC1. The molecule has 150 valence electrons. The highest BCUT2D eigenvalue weighted by Crippen LogP contribution is 2.38. The first-order chi connectivity index (χ1) is 14.3. The molecule has 2 heteroatoms. The summed E-state index contributed by atoms with van der Waals surface area (Å²) in [5.74, 6) is 0. The zero-order valence-electron chi connectivity index (χ0n) is 17.3. The molecule has 0 bridgehead atoms. The maximum Gasteiger partial charge on any atom is 0.0950 e. The van der Waals surface area contributed by atoms with Crippen LogP contribution in [-0.4, -0.2) is 18.8 Å². The van der Waals surface area contributed by atoms with Crippen molar-refractivity contribution >= 4 is 0 Å². The van der Waals surface area contributed by atoms with Crippen LogP contribution in [0.5, 0.6) is 0 Å². The second-order valence-electron chi connectivity index (χ2n) is 7.92. The van der Waals surface area contributed by atoms with Crippen molar-refractivity contribution in [3.63, 3.8) is 0 Å². The summed E-state index contributed by atoms with van der Waals surface area (Å²) in [5, 5.41) is 4.13. The Morgan fingerprint density at radius 1 is 0.690 bits per heavy atom. The van der Waals surface area contributed by atoms with Crippen molar-refractivity contribution in [1.82, 2.24) is 5.32 Å². The summed E-state index contributed by atoms with van der Waals surface area (Å²) in [5.41, 5.74) is 3.48. The second-order valence-corrected chi connectivity index (χ2v) is 7.92. The molecule has 0 spiro atoms. The molecule has 3 aromatic carbocycles. The third-order valence-electron chi connectivity index (χ3n) is 6.12. The molecule has 0 radical (unpaired) electrons. The Bertz CT molecular complexity index is 758. The first-order valence-electron chi connectivity index (χ1n) is 10.9. The van der Waals surface area contributed by atoms with Crippen LogP contribution in [0.25, 0.3) is 0 Å². The summed E-state index contributed by atoms with van der Waals surface area (Å²) in [6, 6.07) is 33.1. The number of hydrogen-bond acceptors (Lipinski definition) is 2. The molecule has 1 saturated carbocycles. The van der Waals surface area contributed by atoms with Gasteiger partial charge in [0.25, 0.3) is 0 Å². The second kappa shape index (κ2) is 9.39. The molecule has 0 unspecified atom stereocenters. The zero-order valence-corrected chi connectivity index (χ0v) is 17.3. The quantitative estimate of drug-likeness (QED) is 0.510. The van der Waals surface area contributed by atoms with Gasteiger partial charge in [0.2, 0.25) is 0 Å². The van der Waals surface area contributed by atoms with Crippen LogP contribution in [0.3, 0.4) is 0 Å². The van der Waals surface area contributed by atoms with Crippen LogP contribution in [0.2, 0.25) is 0 Å². The van der Waals surface area contributed by atoms with Crippen LogP contribution in [0, 0.1) is 0 Å². The highest BCUT2D eigenvalue weighted by Gasteiger charge is 2.38. The molecule has 2 nitrogen and oxygen atoms in total. The molecule has 0 amide bonds. The van der Waals surface area contributed by atoms with Gasteiger partial charge < -0.3 is 4.74 Å². The Kier molecular flexibility index (Phi) is 6.43. The molecular formula is C27H31NO. The van der Waals surface area contributed by atoms with E-state index in [1.807, 2.05) is 0 Å². The van der Waals surface area contributed by atoms with E-state index in [9.17, 15) is 0 Å². The molecule has 29 heavy (non-hydrogen) atoms. The fraction of sp³-hybridized carbons (Fsp3) is 0.333. The minimum absolute atomic E-state index is 0.368. The highest BCUT2D eigenvalue weighted by atomic mass is 16.5.